The number of nitrogens with zero attached hydrogens (tertiary/aromatic N) is 2. The van der Waals surface area contributed by atoms with Gasteiger partial charge in [0.15, 0.2) is 0 Å². The lowest BCUT2D eigenvalue weighted by molar-refractivity contribution is -0.139. The average Bonchev–Trinajstić information content (AvgIpc) is 3.01. The van der Waals surface area contributed by atoms with Crippen LogP contribution in [0.15, 0.2) is 78.9 Å². The van der Waals surface area contributed by atoms with E-state index in [0.717, 1.165) is 33.9 Å². The summed E-state index contributed by atoms with van der Waals surface area (Å²) >= 11 is 0. The molecule has 3 aromatic carbocycles. The summed E-state index contributed by atoms with van der Waals surface area (Å²) in [6, 6.07) is 21.9. The van der Waals surface area contributed by atoms with E-state index in [0.29, 0.717) is 11.3 Å². The lowest BCUT2D eigenvalue weighted by Crippen LogP contribution is -2.52. The first-order valence-corrected chi connectivity index (χ1v) is 17.8. The molecule has 4 bridgehead atoms. The fraction of sp³-hybridized carbons (Fsp3) is 0.444. The lowest BCUT2D eigenvalue weighted by Gasteiger charge is -2.57. The Hall–Kier alpha value is -3.72. The fourth-order valence-corrected chi connectivity index (χ4v) is 9.42. The second-order valence-electron chi connectivity index (χ2n) is 13.5. The van der Waals surface area contributed by atoms with Crippen molar-refractivity contribution in [2.45, 2.75) is 62.9 Å². The number of amides is 2. The van der Waals surface area contributed by atoms with E-state index in [1.54, 1.807) is 12.1 Å². The van der Waals surface area contributed by atoms with E-state index in [1.165, 1.54) is 68.2 Å². The van der Waals surface area contributed by atoms with Crippen LogP contribution in [0.1, 0.15) is 55.2 Å². The highest BCUT2D eigenvalue weighted by atomic mass is 32.2. The number of anilines is 1. The smallest absolute Gasteiger partial charge is 0.244 e. The number of carbonyl (C=O) groups is 2. The van der Waals surface area contributed by atoms with Crippen LogP contribution >= 0.6 is 0 Å². The number of hydrogen-bond donors (Lipinski definition) is 1. The van der Waals surface area contributed by atoms with Gasteiger partial charge in [0.25, 0.3) is 0 Å². The first kappa shape index (κ1) is 31.3. The highest BCUT2D eigenvalue weighted by molar-refractivity contribution is 7.92. The molecular formula is C36H42FN3O4S. The van der Waals surface area contributed by atoms with Gasteiger partial charge in [0.05, 0.1) is 11.9 Å². The van der Waals surface area contributed by atoms with E-state index in [9.17, 15) is 22.4 Å². The van der Waals surface area contributed by atoms with Gasteiger partial charge in [0, 0.05) is 20.0 Å². The summed E-state index contributed by atoms with van der Waals surface area (Å²) in [6.45, 7) is -0.467. The molecule has 0 unspecified atom stereocenters. The standard InChI is InChI=1S/C36H42FN3O4S/c1-38-35(42)33(19-25-6-4-3-5-7-25)39(23-26-8-12-31(37)13-9-26)34(41)24-40(45(2,43)44)32-14-10-30(11-15-32)36-20-27-16-28(21-36)18-29(17-27)22-36/h3-15,27-29,33H,16-24H2,1-2H3,(H,38,42)/t27?,28?,29?,33-,36?/m1/s1. The molecule has 4 fully saturated rings. The van der Waals surface area contributed by atoms with Crippen LogP contribution in [-0.4, -0.2) is 51.0 Å². The molecule has 7 nitrogen and oxygen atoms in total. The van der Waals surface area contributed by atoms with Crippen molar-refractivity contribution in [2.75, 3.05) is 24.2 Å². The Morgan fingerprint density at radius 3 is 1.98 bits per heavy atom. The highest BCUT2D eigenvalue weighted by Crippen LogP contribution is 2.60. The second kappa shape index (κ2) is 12.6. The van der Waals surface area contributed by atoms with Gasteiger partial charge >= 0.3 is 0 Å². The van der Waals surface area contributed by atoms with Crippen molar-refractivity contribution in [3.05, 3.63) is 101 Å². The first-order chi connectivity index (χ1) is 21.5. The van der Waals surface area contributed by atoms with Crippen LogP contribution < -0.4 is 9.62 Å². The van der Waals surface area contributed by atoms with Gasteiger partial charge in [-0.3, -0.25) is 13.9 Å². The minimum absolute atomic E-state index is 0.00654. The molecule has 2 amide bonds. The van der Waals surface area contributed by atoms with Crippen LogP contribution in [0.2, 0.25) is 0 Å². The monoisotopic (exact) mass is 631 g/mol. The molecule has 3 aromatic rings. The quantitative estimate of drug-likeness (QED) is 0.305. The molecule has 4 aliphatic rings. The molecule has 4 aliphatic carbocycles. The second-order valence-corrected chi connectivity index (χ2v) is 15.4. The summed E-state index contributed by atoms with van der Waals surface area (Å²) < 4.78 is 41.2. The summed E-state index contributed by atoms with van der Waals surface area (Å²) in [4.78, 5) is 28.8. The van der Waals surface area contributed by atoms with Crippen molar-refractivity contribution in [3.8, 4) is 0 Å². The zero-order valence-electron chi connectivity index (χ0n) is 26.0. The predicted molar refractivity (Wildman–Crippen MR) is 173 cm³/mol. The maximum absolute atomic E-state index is 14.2. The predicted octanol–water partition coefficient (Wildman–Crippen LogP) is 5.45. The summed E-state index contributed by atoms with van der Waals surface area (Å²) in [5.74, 6) is 1.05. The molecule has 0 aliphatic heterocycles. The van der Waals surface area contributed by atoms with E-state index in [1.807, 2.05) is 42.5 Å². The van der Waals surface area contributed by atoms with Gasteiger partial charge in [-0.25, -0.2) is 12.8 Å². The number of nitrogens with one attached hydrogen (secondary N) is 1. The number of carbonyl (C=O) groups excluding carboxylic acids is 2. The third kappa shape index (κ3) is 6.78. The molecule has 0 heterocycles. The Labute approximate surface area is 265 Å². The van der Waals surface area contributed by atoms with Gasteiger partial charge in [-0.15, -0.1) is 0 Å². The zero-order valence-corrected chi connectivity index (χ0v) is 26.8. The number of hydrogen-bond acceptors (Lipinski definition) is 4. The molecule has 4 saturated carbocycles. The highest BCUT2D eigenvalue weighted by Gasteiger charge is 2.51. The Kier molecular flexibility index (Phi) is 8.74. The van der Waals surface area contributed by atoms with E-state index >= 15 is 0 Å². The summed E-state index contributed by atoms with van der Waals surface area (Å²) in [5.41, 5.74) is 3.33. The minimum atomic E-state index is -3.86. The molecule has 1 N–H and O–H groups in total. The maximum Gasteiger partial charge on any atom is 0.244 e. The van der Waals surface area contributed by atoms with Gasteiger partial charge in [0.1, 0.15) is 18.4 Å². The fourth-order valence-electron chi connectivity index (χ4n) is 8.57. The molecular weight excluding hydrogens is 589 g/mol. The van der Waals surface area contributed by atoms with Gasteiger partial charge in [-0.2, -0.15) is 0 Å². The van der Waals surface area contributed by atoms with Crippen LogP contribution in [0.4, 0.5) is 10.1 Å². The molecule has 0 spiro atoms. The topological polar surface area (TPSA) is 86.8 Å². The van der Waals surface area contributed by atoms with Gasteiger partial charge in [-0.1, -0.05) is 54.6 Å². The Balaban J connectivity index is 1.29. The molecule has 1 atom stereocenters. The molecule has 0 radical (unpaired) electrons. The molecule has 0 saturated heterocycles. The summed E-state index contributed by atoms with van der Waals surface area (Å²) in [5, 5.41) is 2.67. The lowest BCUT2D eigenvalue weighted by atomic mass is 9.48. The third-order valence-corrected chi connectivity index (χ3v) is 11.4. The van der Waals surface area contributed by atoms with Crippen molar-refractivity contribution in [1.82, 2.24) is 10.2 Å². The van der Waals surface area contributed by atoms with Crippen LogP contribution in [0, 0.1) is 23.6 Å². The summed E-state index contributed by atoms with van der Waals surface area (Å²) in [6.07, 6.45) is 8.96. The number of rotatable bonds is 11. The number of halogens is 1. The van der Waals surface area contributed by atoms with E-state index in [2.05, 4.69) is 17.4 Å². The van der Waals surface area contributed by atoms with E-state index in [4.69, 9.17) is 0 Å². The SMILES string of the molecule is CNC(=O)[C@@H](Cc1ccccc1)N(Cc1ccc(F)cc1)C(=O)CN(c1ccc(C23CC4CC(CC(C4)C2)C3)cc1)S(C)(=O)=O. The normalized spacial score (nSPS) is 24.2. The minimum Gasteiger partial charge on any atom is -0.357 e. The van der Waals surface area contributed by atoms with Crippen LogP contribution in [0.3, 0.4) is 0 Å². The van der Waals surface area contributed by atoms with Crippen LogP contribution in [0.25, 0.3) is 0 Å². The van der Waals surface area contributed by atoms with Crippen LogP contribution in [0.5, 0.6) is 0 Å². The molecule has 0 aromatic heterocycles. The largest absolute Gasteiger partial charge is 0.357 e. The van der Waals surface area contributed by atoms with Crippen LogP contribution in [-0.2, 0) is 38.0 Å². The van der Waals surface area contributed by atoms with Crippen molar-refractivity contribution >= 4 is 27.5 Å². The molecule has 9 heteroatoms. The van der Waals surface area contributed by atoms with Crippen molar-refractivity contribution in [3.63, 3.8) is 0 Å². The van der Waals surface area contributed by atoms with E-state index in [-0.39, 0.29) is 24.3 Å². The number of sulfonamides is 1. The maximum atomic E-state index is 14.2. The molecule has 238 valence electrons. The first-order valence-electron chi connectivity index (χ1n) is 15.9. The van der Waals surface area contributed by atoms with Gasteiger partial charge in [0.2, 0.25) is 21.8 Å². The van der Waals surface area contributed by atoms with Gasteiger partial charge < -0.3 is 10.2 Å². The van der Waals surface area contributed by atoms with E-state index < -0.39 is 34.3 Å². The molecule has 45 heavy (non-hydrogen) atoms. The third-order valence-electron chi connectivity index (χ3n) is 10.3. The summed E-state index contributed by atoms with van der Waals surface area (Å²) in [7, 11) is -2.35. The zero-order chi connectivity index (χ0) is 31.8. The number of benzene rings is 3. The molecule has 7 rings (SSSR count). The average molecular weight is 632 g/mol. The Morgan fingerprint density at radius 1 is 0.867 bits per heavy atom. The van der Waals surface area contributed by atoms with Gasteiger partial charge in [-0.05, 0) is 103 Å². The van der Waals surface area contributed by atoms with Crippen molar-refractivity contribution < 1.29 is 22.4 Å². The number of likely N-dealkylation sites (N-methyl/N-ethyl adjacent to an activating group) is 1. The Morgan fingerprint density at radius 2 is 1.44 bits per heavy atom. The van der Waals surface area contributed by atoms with Crippen molar-refractivity contribution in [2.24, 2.45) is 17.8 Å². The Bertz CT molecular complexity index is 1590. The van der Waals surface area contributed by atoms with Crippen molar-refractivity contribution in [1.29, 1.82) is 0 Å².